The molecular formula is C23H23Cl2N3O5. The van der Waals surface area contributed by atoms with E-state index < -0.39 is 30.5 Å². The van der Waals surface area contributed by atoms with Gasteiger partial charge < -0.3 is 28.3 Å². The fraction of sp³-hybridized carbons (Fsp3) is 0.478. The van der Waals surface area contributed by atoms with Gasteiger partial charge in [0.15, 0.2) is 18.3 Å². The second-order valence-electron chi connectivity index (χ2n) is 8.95. The molecular weight excluding hydrogens is 469 g/mol. The molecule has 8 nitrogen and oxygen atoms in total. The van der Waals surface area contributed by atoms with Crippen LogP contribution in [0.5, 0.6) is 0 Å². The van der Waals surface area contributed by atoms with Gasteiger partial charge in [-0.2, -0.15) is 0 Å². The SMILES string of the molecule is COC1Cc2cc(Cl)ccc2[C@H](C2O[C@@H](n3ccc4c(Cl)ncnc43)[C@@H]3OC(C)(C)O[C@H]23)O1. The summed E-state index contributed by atoms with van der Waals surface area (Å²) in [7, 11) is 1.63. The molecule has 3 aromatic rings. The van der Waals surface area contributed by atoms with Gasteiger partial charge in [0.2, 0.25) is 0 Å². The van der Waals surface area contributed by atoms with E-state index in [0.717, 1.165) is 16.5 Å². The normalized spacial score (nSPS) is 32.8. The summed E-state index contributed by atoms with van der Waals surface area (Å²) in [4.78, 5) is 8.51. The Labute approximate surface area is 200 Å². The molecule has 0 radical (unpaired) electrons. The van der Waals surface area contributed by atoms with E-state index in [1.165, 1.54) is 6.33 Å². The van der Waals surface area contributed by atoms with E-state index in [-0.39, 0.29) is 12.2 Å². The number of methoxy groups -OCH3 is 1. The number of rotatable bonds is 3. The first-order valence-corrected chi connectivity index (χ1v) is 11.5. The van der Waals surface area contributed by atoms with Gasteiger partial charge in [-0.25, -0.2) is 9.97 Å². The quantitative estimate of drug-likeness (QED) is 0.501. The van der Waals surface area contributed by atoms with E-state index in [2.05, 4.69) is 9.97 Å². The highest BCUT2D eigenvalue weighted by Gasteiger charge is 2.59. The lowest BCUT2D eigenvalue weighted by Gasteiger charge is -2.36. The smallest absolute Gasteiger partial charge is 0.164 e. The maximum Gasteiger partial charge on any atom is 0.164 e. The third-order valence-electron chi connectivity index (χ3n) is 6.46. The molecule has 2 unspecified atom stereocenters. The lowest BCUT2D eigenvalue weighted by molar-refractivity contribution is -0.237. The number of aromatic nitrogens is 3. The van der Waals surface area contributed by atoms with Crippen LogP contribution in [0.3, 0.4) is 0 Å². The van der Waals surface area contributed by atoms with Crippen molar-refractivity contribution in [1.29, 1.82) is 0 Å². The van der Waals surface area contributed by atoms with Crippen LogP contribution < -0.4 is 0 Å². The fourth-order valence-corrected chi connectivity index (χ4v) is 5.49. The molecule has 6 atom stereocenters. The van der Waals surface area contributed by atoms with Crippen LogP contribution in [0.25, 0.3) is 11.0 Å². The minimum atomic E-state index is -0.774. The molecule has 0 saturated carbocycles. The van der Waals surface area contributed by atoms with Crippen molar-refractivity contribution in [2.24, 2.45) is 0 Å². The summed E-state index contributed by atoms with van der Waals surface area (Å²) in [5, 5.41) is 1.80. The lowest BCUT2D eigenvalue weighted by atomic mass is 9.91. The topological polar surface area (TPSA) is 76.9 Å². The summed E-state index contributed by atoms with van der Waals surface area (Å²) >= 11 is 12.6. The van der Waals surface area contributed by atoms with Crippen LogP contribution in [0, 0.1) is 0 Å². The second kappa shape index (κ2) is 7.88. The molecule has 3 aliphatic heterocycles. The van der Waals surface area contributed by atoms with Crippen molar-refractivity contribution in [2.75, 3.05) is 7.11 Å². The summed E-state index contributed by atoms with van der Waals surface area (Å²) in [6.07, 6.45) is 1.39. The van der Waals surface area contributed by atoms with E-state index in [9.17, 15) is 0 Å². The molecule has 0 amide bonds. The van der Waals surface area contributed by atoms with Crippen molar-refractivity contribution in [2.45, 2.75) is 63.0 Å². The molecule has 2 saturated heterocycles. The second-order valence-corrected chi connectivity index (χ2v) is 9.74. The molecule has 0 aliphatic carbocycles. The molecule has 2 fully saturated rings. The number of fused-ring (bicyclic) bond motifs is 3. The van der Waals surface area contributed by atoms with Crippen LogP contribution in [0.15, 0.2) is 36.8 Å². The van der Waals surface area contributed by atoms with Gasteiger partial charge in [-0.3, -0.25) is 0 Å². The average molecular weight is 492 g/mol. The van der Waals surface area contributed by atoms with Gasteiger partial charge in [-0.05, 0) is 43.2 Å². The number of nitrogens with zero attached hydrogens (tertiary/aromatic N) is 3. The molecule has 2 aromatic heterocycles. The molecule has 3 aliphatic rings. The van der Waals surface area contributed by atoms with E-state index in [0.29, 0.717) is 22.2 Å². The summed E-state index contributed by atoms with van der Waals surface area (Å²) in [5.41, 5.74) is 2.74. The first-order valence-electron chi connectivity index (χ1n) is 10.8. The Kier molecular flexibility index (Phi) is 5.19. The molecule has 33 heavy (non-hydrogen) atoms. The van der Waals surface area contributed by atoms with Crippen molar-refractivity contribution in [3.05, 3.63) is 58.1 Å². The predicted molar refractivity (Wildman–Crippen MR) is 120 cm³/mol. The van der Waals surface area contributed by atoms with Crippen molar-refractivity contribution in [3.8, 4) is 0 Å². The minimum absolute atomic E-state index is 0.371. The first-order chi connectivity index (χ1) is 15.8. The molecule has 0 bridgehead atoms. The van der Waals surface area contributed by atoms with Gasteiger partial charge in [0.1, 0.15) is 41.5 Å². The van der Waals surface area contributed by atoms with Crippen LogP contribution in [0.2, 0.25) is 10.2 Å². The van der Waals surface area contributed by atoms with Gasteiger partial charge in [0.05, 0.1) is 5.39 Å². The molecule has 10 heteroatoms. The van der Waals surface area contributed by atoms with Gasteiger partial charge in [-0.1, -0.05) is 29.3 Å². The van der Waals surface area contributed by atoms with Crippen molar-refractivity contribution in [3.63, 3.8) is 0 Å². The Morgan fingerprint density at radius 2 is 1.88 bits per heavy atom. The monoisotopic (exact) mass is 491 g/mol. The van der Waals surface area contributed by atoms with Gasteiger partial charge >= 0.3 is 0 Å². The Balaban J connectivity index is 1.42. The standard InChI is InChI=1S/C23H23Cl2N3O5/c1-23(2)32-18-17(16-13-5-4-12(24)8-11(13)9-15(29-3)30-16)31-22(19(18)33-23)28-7-6-14-20(25)26-10-27-21(14)28/h4-8,10,15-19,22H,9H2,1-3H3/t15?,16-,17?,18-,19-,22-/m1/s1. The zero-order valence-electron chi connectivity index (χ0n) is 18.3. The van der Waals surface area contributed by atoms with Crippen LogP contribution >= 0.6 is 23.2 Å². The zero-order valence-corrected chi connectivity index (χ0v) is 19.8. The Hall–Kier alpha value is -1.78. The highest BCUT2D eigenvalue weighted by atomic mass is 35.5. The van der Waals surface area contributed by atoms with Crippen LogP contribution in [0.4, 0.5) is 0 Å². The highest BCUT2D eigenvalue weighted by Crippen LogP contribution is 2.49. The van der Waals surface area contributed by atoms with E-state index >= 15 is 0 Å². The van der Waals surface area contributed by atoms with Crippen molar-refractivity contribution in [1.82, 2.24) is 14.5 Å². The van der Waals surface area contributed by atoms with Crippen molar-refractivity contribution >= 4 is 34.2 Å². The molecule has 5 heterocycles. The summed E-state index contributed by atoms with van der Waals surface area (Å²) < 4.78 is 33.1. The Morgan fingerprint density at radius 3 is 2.70 bits per heavy atom. The average Bonchev–Trinajstić information content (AvgIpc) is 3.44. The zero-order chi connectivity index (χ0) is 22.9. The number of hydrogen-bond donors (Lipinski definition) is 0. The first kappa shape index (κ1) is 21.7. The van der Waals surface area contributed by atoms with E-state index in [1.807, 2.05) is 48.9 Å². The molecule has 1 aromatic carbocycles. The molecule has 174 valence electrons. The number of halogens is 2. The van der Waals surface area contributed by atoms with Gasteiger partial charge in [0, 0.05) is 24.8 Å². The number of benzene rings is 1. The highest BCUT2D eigenvalue weighted by molar-refractivity contribution is 6.33. The molecule has 0 N–H and O–H groups in total. The van der Waals surface area contributed by atoms with Crippen LogP contribution in [-0.4, -0.2) is 52.0 Å². The van der Waals surface area contributed by atoms with Crippen LogP contribution in [-0.2, 0) is 30.1 Å². The largest absolute Gasteiger partial charge is 0.356 e. The van der Waals surface area contributed by atoms with Crippen molar-refractivity contribution < 1.29 is 23.7 Å². The van der Waals surface area contributed by atoms with Gasteiger partial charge in [-0.15, -0.1) is 0 Å². The minimum Gasteiger partial charge on any atom is -0.356 e. The molecule has 6 rings (SSSR count). The summed E-state index contributed by atoms with van der Waals surface area (Å²) in [5.74, 6) is -0.774. The van der Waals surface area contributed by atoms with E-state index in [4.69, 9.17) is 46.9 Å². The van der Waals surface area contributed by atoms with Crippen LogP contribution in [0.1, 0.15) is 37.3 Å². The van der Waals surface area contributed by atoms with Gasteiger partial charge in [0.25, 0.3) is 0 Å². The lowest BCUT2D eigenvalue weighted by Crippen LogP contribution is -2.40. The Bertz CT molecular complexity index is 1220. The molecule has 0 spiro atoms. The predicted octanol–water partition coefficient (Wildman–Crippen LogP) is 4.44. The Morgan fingerprint density at radius 1 is 1.06 bits per heavy atom. The fourth-order valence-electron chi connectivity index (χ4n) is 5.11. The number of ether oxygens (including phenoxy) is 5. The maximum atomic E-state index is 6.63. The maximum absolute atomic E-state index is 6.63. The third kappa shape index (κ3) is 3.56. The van der Waals surface area contributed by atoms with E-state index in [1.54, 1.807) is 7.11 Å². The summed E-state index contributed by atoms with van der Waals surface area (Å²) in [6, 6.07) is 7.68. The number of hydrogen-bond acceptors (Lipinski definition) is 7. The summed E-state index contributed by atoms with van der Waals surface area (Å²) in [6.45, 7) is 3.80. The third-order valence-corrected chi connectivity index (χ3v) is 6.99.